The number of rotatable bonds is 2. The van der Waals surface area contributed by atoms with E-state index >= 15 is 0 Å². The van der Waals surface area contributed by atoms with Crippen molar-refractivity contribution in [2.24, 2.45) is 11.3 Å². The van der Waals surface area contributed by atoms with Crippen molar-refractivity contribution in [3.8, 4) is 5.75 Å². The van der Waals surface area contributed by atoms with E-state index in [-0.39, 0.29) is 28.8 Å². The zero-order valence-corrected chi connectivity index (χ0v) is 27.9. The summed E-state index contributed by atoms with van der Waals surface area (Å²) in [5, 5.41) is 3.04. The third-order valence-electron chi connectivity index (χ3n) is 8.53. The van der Waals surface area contributed by atoms with E-state index in [0.29, 0.717) is 11.8 Å². The fourth-order valence-corrected chi connectivity index (χ4v) is 5.48. The van der Waals surface area contributed by atoms with Crippen molar-refractivity contribution in [3.05, 3.63) is 95.1 Å². The molecule has 2 atom stereocenters. The maximum atomic E-state index is 12.7. The predicted octanol–water partition coefficient (Wildman–Crippen LogP) is 9.87. The maximum Gasteiger partial charge on any atom is 0.235 e. The van der Waals surface area contributed by atoms with E-state index < -0.39 is 0 Å². The second-order valence-corrected chi connectivity index (χ2v) is 14.8. The smallest absolute Gasteiger partial charge is 0.235 e. The van der Waals surface area contributed by atoms with Crippen molar-refractivity contribution in [1.82, 2.24) is 9.97 Å². The van der Waals surface area contributed by atoms with Crippen molar-refractivity contribution in [1.29, 1.82) is 0 Å². The number of benzene rings is 3. The number of anilines is 1. The molecule has 1 amide bonds. The van der Waals surface area contributed by atoms with Crippen molar-refractivity contribution in [2.45, 2.75) is 92.6 Å². The van der Waals surface area contributed by atoms with Gasteiger partial charge in [0, 0.05) is 0 Å². The number of fused-ring (bicyclic) bond motifs is 4. The van der Waals surface area contributed by atoms with Gasteiger partial charge in [0.15, 0.2) is 0 Å². The molecule has 4 aromatic rings. The molecule has 44 heavy (non-hydrogen) atoms. The van der Waals surface area contributed by atoms with Gasteiger partial charge in [0.25, 0.3) is 0 Å². The molecule has 3 aromatic carbocycles. The van der Waals surface area contributed by atoms with E-state index in [1.165, 1.54) is 22.3 Å². The van der Waals surface area contributed by atoms with Gasteiger partial charge in [-0.2, -0.15) is 0 Å². The number of carbonyl (C=O) groups excluding carboxylic acids is 1. The molecule has 0 radical (unpaired) electrons. The second-order valence-electron chi connectivity index (χ2n) is 14.8. The number of aromatic nitrogens is 2. The summed E-state index contributed by atoms with van der Waals surface area (Å²) in [4.78, 5) is 22.2. The number of hydrogen-bond donors (Lipinski definition) is 1. The van der Waals surface area contributed by atoms with Crippen molar-refractivity contribution in [3.63, 3.8) is 0 Å². The molecule has 0 bridgehead atoms. The zero-order valence-electron chi connectivity index (χ0n) is 27.9. The minimum atomic E-state index is -0.290. The Morgan fingerprint density at radius 3 is 1.80 bits per heavy atom. The lowest BCUT2D eigenvalue weighted by Gasteiger charge is -2.29. The van der Waals surface area contributed by atoms with Crippen molar-refractivity contribution >= 4 is 33.7 Å². The van der Waals surface area contributed by atoms with E-state index in [1.807, 2.05) is 18.2 Å². The van der Waals surface area contributed by atoms with Crippen LogP contribution in [0.15, 0.2) is 78.4 Å². The summed E-state index contributed by atoms with van der Waals surface area (Å²) >= 11 is 0. The van der Waals surface area contributed by atoms with Crippen molar-refractivity contribution in [2.75, 3.05) is 5.32 Å². The Balaban J connectivity index is 0.000000177. The van der Waals surface area contributed by atoms with E-state index in [2.05, 4.69) is 129 Å². The number of amides is 1. The first kappa shape index (κ1) is 31.4. The van der Waals surface area contributed by atoms with Gasteiger partial charge < -0.3 is 10.1 Å². The quantitative estimate of drug-likeness (QED) is 0.236. The molecule has 1 N–H and O–H groups in total. The molecule has 0 saturated carbocycles. The van der Waals surface area contributed by atoms with Crippen LogP contribution in [0.4, 0.5) is 5.69 Å². The van der Waals surface area contributed by atoms with E-state index in [1.54, 1.807) is 0 Å². The molecular formula is C39H47N3O2. The molecule has 0 fully saturated rings. The van der Waals surface area contributed by atoms with Crippen LogP contribution in [0, 0.1) is 11.3 Å². The van der Waals surface area contributed by atoms with E-state index in [4.69, 9.17) is 14.7 Å². The van der Waals surface area contributed by atoms with Gasteiger partial charge in [-0.05, 0) is 87.4 Å². The molecule has 2 unspecified atom stereocenters. The topological polar surface area (TPSA) is 64.1 Å². The lowest BCUT2D eigenvalue weighted by molar-refractivity contribution is -0.119. The lowest BCUT2D eigenvalue weighted by Crippen LogP contribution is -2.34. The van der Waals surface area contributed by atoms with Crippen LogP contribution in [-0.4, -0.2) is 22.0 Å². The van der Waals surface area contributed by atoms with Gasteiger partial charge in [-0.1, -0.05) is 99.6 Å². The highest BCUT2D eigenvalue weighted by Gasteiger charge is 2.35. The predicted molar refractivity (Wildman–Crippen MR) is 184 cm³/mol. The van der Waals surface area contributed by atoms with Gasteiger partial charge in [-0.3, -0.25) is 4.79 Å². The summed E-state index contributed by atoms with van der Waals surface area (Å²) in [5.41, 5.74) is 9.75. The Morgan fingerprint density at radius 2 is 1.30 bits per heavy atom. The number of hydrogen-bond acceptors (Lipinski definition) is 4. The average Bonchev–Trinajstić information content (AvgIpc) is 3.09. The molecule has 1 aliphatic heterocycles. The fourth-order valence-electron chi connectivity index (χ4n) is 5.48. The molecule has 0 spiro atoms. The molecule has 2 heterocycles. The highest BCUT2D eigenvalue weighted by atomic mass is 16.5. The standard InChI is InChI=1S/C21H27NO2.C18H20N2/c1-20(2,3)13-8-10-17-16(11-13)22-19(23)15-9-7-14(21(4,5)6)12-18(15)24-17;1-11(2)13-5-7-15-17(9-13)19-16-8-6-14(12(3)4)10-18(16)20-15/h7-12,15,18H,1-6H3,(H,22,23);5-12H,1-4H3. The largest absolute Gasteiger partial charge is 0.483 e. The second kappa shape index (κ2) is 11.8. The van der Waals surface area contributed by atoms with Gasteiger partial charge in [-0.15, -0.1) is 0 Å². The molecule has 1 aromatic heterocycles. The number of carbonyl (C=O) groups is 1. The first-order chi connectivity index (χ1) is 20.6. The Morgan fingerprint density at radius 1 is 0.727 bits per heavy atom. The van der Waals surface area contributed by atoms with Gasteiger partial charge in [-0.25, -0.2) is 9.97 Å². The Bertz CT molecular complexity index is 1700. The molecule has 5 heteroatoms. The van der Waals surface area contributed by atoms with Crippen LogP contribution in [0.25, 0.3) is 22.1 Å². The fraction of sp³-hybridized carbons (Fsp3) is 0.410. The maximum absolute atomic E-state index is 12.7. The van der Waals surface area contributed by atoms with Crippen LogP contribution in [0.2, 0.25) is 0 Å². The number of nitrogens with zero attached hydrogens (tertiary/aromatic N) is 2. The Hall–Kier alpha value is -3.99. The molecule has 230 valence electrons. The van der Waals surface area contributed by atoms with Gasteiger partial charge in [0.05, 0.1) is 33.7 Å². The summed E-state index contributed by atoms with van der Waals surface area (Å²) in [6.45, 7) is 21.8. The Labute approximate surface area is 262 Å². The molecule has 1 aliphatic carbocycles. The van der Waals surface area contributed by atoms with Crippen LogP contribution in [0.3, 0.4) is 0 Å². The molecule has 5 nitrogen and oxygen atoms in total. The number of ether oxygens (including phenoxy) is 1. The van der Waals surface area contributed by atoms with Crippen LogP contribution in [0.5, 0.6) is 5.75 Å². The molecular weight excluding hydrogens is 542 g/mol. The first-order valence-electron chi connectivity index (χ1n) is 15.8. The van der Waals surface area contributed by atoms with E-state index in [0.717, 1.165) is 33.5 Å². The summed E-state index contributed by atoms with van der Waals surface area (Å²) < 4.78 is 6.21. The summed E-state index contributed by atoms with van der Waals surface area (Å²) in [6.07, 6.45) is 5.86. The van der Waals surface area contributed by atoms with Crippen LogP contribution < -0.4 is 10.1 Å². The molecule has 6 rings (SSSR count). The van der Waals surface area contributed by atoms with Crippen LogP contribution >= 0.6 is 0 Å². The summed E-state index contributed by atoms with van der Waals surface area (Å²) in [6, 6.07) is 18.9. The third-order valence-corrected chi connectivity index (χ3v) is 8.53. The highest BCUT2D eigenvalue weighted by Crippen LogP contribution is 2.39. The molecule has 2 aliphatic rings. The zero-order chi connectivity index (χ0) is 32.0. The van der Waals surface area contributed by atoms with Gasteiger partial charge >= 0.3 is 0 Å². The number of nitrogens with one attached hydrogen (secondary N) is 1. The Kier molecular flexibility index (Phi) is 8.45. The summed E-state index contributed by atoms with van der Waals surface area (Å²) in [5.74, 6) is 1.47. The normalized spacial score (nSPS) is 18.2. The first-order valence-corrected chi connectivity index (χ1v) is 15.8. The average molecular weight is 590 g/mol. The number of allylic oxidation sites excluding steroid dienone is 2. The van der Waals surface area contributed by atoms with Crippen LogP contribution in [0.1, 0.15) is 97.8 Å². The molecule has 0 saturated heterocycles. The third kappa shape index (κ3) is 6.72. The van der Waals surface area contributed by atoms with Gasteiger partial charge in [0.2, 0.25) is 5.91 Å². The van der Waals surface area contributed by atoms with Crippen molar-refractivity contribution < 1.29 is 9.53 Å². The lowest BCUT2D eigenvalue weighted by atomic mass is 9.80. The minimum Gasteiger partial charge on any atom is -0.483 e. The van der Waals surface area contributed by atoms with Gasteiger partial charge in [0.1, 0.15) is 11.9 Å². The SMILES string of the molecule is CC(C)(C)C1=CC2Oc3ccc(C(C)(C)C)cc3NC(=O)C2C=C1.CC(C)c1ccc2nc3cc(C(C)C)ccc3nc2c1. The summed E-state index contributed by atoms with van der Waals surface area (Å²) in [7, 11) is 0. The highest BCUT2D eigenvalue weighted by molar-refractivity contribution is 5.97. The van der Waals surface area contributed by atoms with E-state index in [9.17, 15) is 4.79 Å². The monoisotopic (exact) mass is 589 g/mol. The van der Waals surface area contributed by atoms with Crippen LogP contribution in [-0.2, 0) is 10.2 Å². The minimum absolute atomic E-state index is 0.00901.